The van der Waals surface area contributed by atoms with Gasteiger partial charge in [0.25, 0.3) is 0 Å². The van der Waals surface area contributed by atoms with E-state index in [2.05, 4.69) is 15.2 Å². The van der Waals surface area contributed by atoms with Gasteiger partial charge in [-0.05, 0) is 13.2 Å². The van der Waals surface area contributed by atoms with E-state index >= 15 is 0 Å². The second-order valence-electron chi connectivity index (χ2n) is 2.16. The number of aromatic nitrogens is 3. The monoisotopic (exact) mass is 170 g/mol. The van der Waals surface area contributed by atoms with Crippen molar-refractivity contribution in [1.82, 2.24) is 15.2 Å². The van der Waals surface area contributed by atoms with Crippen molar-refractivity contribution in [2.75, 3.05) is 6.26 Å². The third-order valence-corrected chi connectivity index (χ3v) is 1.76. The molecule has 0 bridgehead atoms. The molecule has 0 amide bonds. The first-order valence-electron chi connectivity index (χ1n) is 3.23. The molecule has 11 heavy (non-hydrogen) atoms. The minimum absolute atomic E-state index is 0.0918. The first-order chi connectivity index (χ1) is 5.24. The first-order valence-corrected chi connectivity index (χ1v) is 4.45. The van der Waals surface area contributed by atoms with Crippen LogP contribution in [-0.2, 0) is 0 Å². The van der Waals surface area contributed by atoms with Crippen molar-refractivity contribution < 1.29 is 0 Å². The Kier molecular flexibility index (Phi) is 2.78. The molecule has 0 spiro atoms. The van der Waals surface area contributed by atoms with E-state index in [1.54, 1.807) is 6.20 Å². The topological polar surface area (TPSA) is 64.7 Å². The standard InChI is InChI=1S/C6H10N4S/c1-4(7)5-3-8-6(11-2)10-9-5/h3-4H,7H2,1-2H3. The van der Waals surface area contributed by atoms with Crippen LogP contribution in [-0.4, -0.2) is 21.4 Å². The molecule has 0 fully saturated rings. The molecular formula is C6H10N4S. The second kappa shape index (κ2) is 3.64. The van der Waals surface area contributed by atoms with Crippen molar-refractivity contribution in [1.29, 1.82) is 0 Å². The molecule has 0 radical (unpaired) electrons. The SMILES string of the molecule is CSc1ncc(C(C)N)nn1. The summed E-state index contributed by atoms with van der Waals surface area (Å²) in [7, 11) is 0. The Balaban J connectivity index is 2.83. The van der Waals surface area contributed by atoms with Crippen LogP contribution >= 0.6 is 11.8 Å². The van der Waals surface area contributed by atoms with E-state index in [0.717, 1.165) is 5.69 Å². The lowest BCUT2D eigenvalue weighted by molar-refractivity contribution is 0.705. The molecule has 60 valence electrons. The smallest absolute Gasteiger partial charge is 0.208 e. The first kappa shape index (κ1) is 8.42. The summed E-state index contributed by atoms with van der Waals surface area (Å²) >= 11 is 1.46. The van der Waals surface area contributed by atoms with Crippen molar-refractivity contribution in [2.45, 2.75) is 18.1 Å². The number of rotatable bonds is 2. The fraction of sp³-hybridized carbons (Fsp3) is 0.500. The maximum absolute atomic E-state index is 5.56. The Labute approximate surface area is 69.6 Å². The van der Waals surface area contributed by atoms with Crippen LogP contribution in [0.5, 0.6) is 0 Å². The van der Waals surface area contributed by atoms with Gasteiger partial charge in [0.15, 0.2) is 0 Å². The van der Waals surface area contributed by atoms with E-state index in [1.165, 1.54) is 11.8 Å². The highest BCUT2D eigenvalue weighted by atomic mass is 32.2. The van der Waals surface area contributed by atoms with Gasteiger partial charge in [-0.3, -0.25) is 0 Å². The molecule has 5 heteroatoms. The van der Waals surface area contributed by atoms with Crippen molar-refractivity contribution in [3.8, 4) is 0 Å². The highest BCUT2D eigenvalue weighted by Crippen LogP contribution is 2.07. The van der Waals surface area contributed by atoms with Gasteiger partial charge in [-0.15, -0.1) is 10.2 Å². The Hall–Kier alpha value is -0.680. The van der Waals surface area contributed by atoms with E-state index < -0.39 is 0 Å². The molecule has 2 N–H and O–H groups in total. The molecule has 0 saturated heterocycles. The molecule has 1 atom stereocenters. The minimum Gasteiger partial charge on any atom is -0.323 e. The van der Waals surface area contributed by atoms with Crippen LogP contribution in [0.4, 0.5) is 0 Å². The molecular weight excluding hydrogens is 160 g/mol. The average molecular weight is 170 g/mol. The summed E-state index contributed by atoms with van der Waals surface area (Å²) in [5.41, 5.74) is 6.28. The van der Waals surface area contributed by atoms with Gasteiger partial charge in [0.05, 0.1) is 11.9 Å². The van der Waals surface area contributed by atoms with E-state index in [1.807, 2.05) is 13.2 Å². The summed E-state index contributed by atoms with van der Waals surface area (Å²) in [5, 5.41) is 8.41. The number of nitrogens with two attached hydrogens (primary N) is 1. The molecule has 1 rings (SSSR count). The summed E-state index contributed by atoms with van der Waals surface area (Å²) in [6.07, 6.45) is 3.56. The van der Waals surface area contributed by atoms with Gasteiger partial charge >= 0.3 is 0 Å². The Morgan fingerprint density at radius 2 is 2.27 bits per heavy atom. The zero-order chi connectivity index (χ0) is 8.27. The predicted octanol–water partition coefficient (Wildman–Crippen LogP) is 0.613. The van der Waals surface area contributed by atoms with Crippen molar-refractivity contribution in [2.24, 2.45) is 5.73 Å². The normalized spacial score (nSPS) is 13.0. The lowest BCUT2D eigenvalue weighted by atomic mass is 10.3. The van der Waals surface area contributed by atoms with E-state index in [4.69, 9.17) is 5.73 Å². The largest absolute Gasteiger partial charge is 0.323 e. The van der Waals surface area contributed by atoms with Crippen LogP contribution in [0, 0.1) is 0 Å². The van der Waals surface area contributed by atoms with Gasteiger partial charge in [0.1, 0.15) is 0 Å². The number of thioether (sulfide) groups is 1. The number of hydrogen-bond donors (Lipinski definition) is 1. The molecule has 1 aromatic heterocycles. The zero-order valence-electron chi connectivity index (χ0n) is 6.48. The predicted molar refractivity (Wildman–Crippen MR) is 44.2 cm³/mol. The third kappa shape index (κ3) is 2.13. The molecule has 1 aromatic rings. The quantitative estimate of drug-likeness (QED) is 0.659. The lowest BCUT2D eigenvalue weighted by Crippen LogP contribution is -2.09. The van der Waals surface area contributed by atoms with Crippen LogP contribution in [0.2, 0.25) is 0 Å². The molecule has 0 aliphatic carbocycles. The van der Waals surface area contributed by atoms with Crippen LogP contribution in [0.15, 0.2) is 11.4 Å². The van der Waals surface area contributed by atoms with Crippen LogP contribution in [0.3, 0.4) is 0 Å². The summed E-state index contributed by atoms with van der Waals surface area (Å²) in [6.45, 7) is 1.85. The lowest BCUT2D eigenvalue weighted by Gasteiger charge is -2.01. The molecule has 0 saturated carbocycles. The van der Waals surface area contributed by atoms with E-state index in [-0.39, 0.29) is 6.04 Å². The summed E-state index contributed by atoms with van der Waals surface area (Å²) in [5.74, 6) is 0. The summed E-state index contributed by atoms with van der Waals surface area (Å²) in [4.78, 5) is 4.03. The molecule has 1 unspecified atom stereocenters. The van der Waals surface area contributed by atoms with Gasteiger partial charge in [-0.2, -0.15) is 0 Å². The summed E-state index contributed by atoms with van der Waals surface area (Å²) in [6, 6.07) is -0.0918. The Bertz CT molecular complexity index is 221. The highest BCUT2D eigenvalue weighted by molar-refractivity contribution is 7.98. The van der Waals surface area contributed by atoms with Crippen LogP contribution < -0.4 is 5.73 Å². The highest BCUT2D eigenvalue weighted by Gasteiger charge is 2.01. The maximum Gasteiger partial charge on any atom is 0.208 e. The fourth-order valence-electron chi connectivity index (χ4n) is 0.576. The van der Waals surface area contributed by atoms with Gasteiger partial charge in [0.2, 0.25) is 5.16 Å². The average Bonchev–Trinajstić information content (AvgIpc) is 2.05. The third-order valence-electron chi connectivity index (χ3n) is 1.21. The second-order valence-corrected chi connectivity index (χ2v) is 2.93. The van der Waals surface area contributed by atoms with Crippen molar-refractivity contribution >= 4 is 11.8 Å². The molecule has 0 aliphatic heterocycles. The van der Waals surface area contributed by atoms with E-state index in [0.29, 0.717) is 5.16 Å². The van der Waals surface area contributed by atoms with Gasteiger partial charge < -0.3 is 5.73 Å². The Morgan fingerprint density at radius 3 is 2.64 bits per heavy atom. The number of nitrogens with zero attached hydrogens (tertiary/aromatic N) is 3. The molecule has 0 aliphatic rings. The zero-order valence-corrected chi connectivity index (χ0v) is 7.30. The van der Waals surface area contributed by atoms with E-state index in [9.17, 15) is 0 Å². The summed E-state index contributed by atoms with van der Waals surface area (Å²) < 4.78 is 0. The van der Waals surface area contributed by atoms with Gasteiger partial charge in [-0.25, -0.2) is 4.98 Å². The van der Waals surface area contributed by atoms with Crippen molar-refractivity contribution in [3.05, 3.63) is 11.9 Å². The molecule has 0 aromatic carbocycles. The van der Waals surface area contributed by atoms with Crippen LogP contribution in [0.1, 0.15) is 18.7 Å². The van der Waals surface area contributed by atoms with Crippen LogP contribution in [0.25, 0.3) is 0 Å². The molecule has 1 heterocycles. The fourth-order valence-corrected chi connectivity index (χ4v) is 0.856. The maximum atomic E-state index is 5.56. The van der Waals surface area contributed by atoms with Gasteiger partial charge in [0, 0.05) is 6.04 Å². The minimum atomic E-state index is -0.0918. The molecule has 4 nitrogen and oxygen atoms in total. The number of hydrogen-bond acceptors (Lipinski definition) is 5. The van der Waals surface area contributed by atoms with Gasteiger partial charge in [-0.1, -0.05) is 11.8 Å². The van der Waals surface area contributed by atoms with Crippen molar-refractivity contribution in [3.63, 3.8) is 0 Å². The Morgan fingerprint density at radius 1 is 1.55 bits per heavy atom.